The lowest BCUT2D eigenvalue weighted by Gasteiger charge is -2.14. The van der Waals surface area contributed by atoms with E-state index in [1.54, 1.807) is 0 Å². The van der Waals surface area contributed by atoms with Crippen LogP contribution in [0, 0.1) is 0 Å². The third-order valence-corrected chi connectivity index (χ3v) is 4.15. The van der Waals surface area contributed by atoms with Gasteiger partial charge in [0.15, 0.2) is 0 Å². The zero-order chi connectivity index (χ0) is 18.2. The molecule has 7 nitrogen and oxygen atoms in total. The van der Waals surface area contributed by atoms with Crippen LogP contribution in [0.1, 0.15) is 6.42 Å². The van der Waals surface area contributed by atoms with Crippen molar-refractivity contribution in [2.45, 2.75) is 19.0 Å². The van der Waals surface area contributed by atoms with Crippen LogP contribution in [0.5, 0.6) is 0 Å². The highest BCUT2D eigenvalue weighted by Crippen LogP contribution is 2.14. The van der Waals surface area contributed by atoms with Gasteiger partial charge in [-0.2, -0.15) is 11.8 Å². The van der Waals surface area contributed by atoms with Crippen molar-refractivity contribution >= 4 is 23.6 Å². The Morgan fingerprint density at radius 2 is 2.04 bits per heavy atom. The van der Waals surface area contributed by atoms with Gasteiger partial charge in [0.05, 0.1) is 11.9 Å². The van der Waals surface area contributed by atoms with Crippen molar-refractivity contribution in [1.82, 2.24) is 14.9 Å². The Kier molecular flexibility index (Phi) is 6.76. The fourth-order valence-electron chi connectivity index (χ4n) is 2.21. The van der Waals surface area contributed by atoms with E-state index in [-0.39, 0.29) is 6.54 Å². The fourth-order valence-corrected chi connectivity index (χ4v) is 2.68. The van der Waals surface area contributed by atoms with Crippen LogP contribution in [-0.4, -0.2) is 44.6 Å². The largest absolute Gasteiger partial charge is 0.480 e. The van der Waals surface area contributed by atoms with Crippen molar-refractivity contribution in [1.29, 1.82) is 0 Å². The van der Waals surface area contributed by atoms with Gasteiger partial charge in [0.25, 0.3) is 5.56 Å². The minimum absolute atomic E-state index is 0.260. The highest BCUT2D eigenvalue weighted by molar-refractivity contribution is 7.98. The molecule has 25 heavy (non-hydrogen) atoms. The number of carbonyl (C=O) groups excluding carboxylic acids is 1. The molecule has 1 unspecified atom stereocenters. The van der Waals surface area contributed by atoms with E-state index in [0.29, 0.717) is 17.9 Å². The summed E-state index contributed by atoms with van der Waals surface area (Å²) in [4.78, 5) is 39.3. The van der Waals surface area contributed by atoms with E-state index in [4.69, 9.17) is 5.11 Å². The van der Waals surface area contributed by atoms with Crippen molar-refractivity contribution in [3.63, 3.8) is 0 Å². The third kappa shape index (κ3) is 5.46. The molecule has 1 aromatic heterocycles. The lowest BCUT2D eigenvalue weighted by molar-refractivity contribution is -0.141. The summed E-state index contributed by atoms with van der Waals surface area (Å²) in [6.07, 6.45) is 4.83. The summed E-state index contributed by atoms with van der Waals surface area (Å²) in [5, 5.41) is 11.6. The van der Waals surface area contributed by atoms with Crippen LogP contribution in [0.15, 0.2) is 47.5 Å². The lowest BCUT2D eigenvalue weighted by Crippen LogP contribution is -2.43. The number of carbonyl (C=O) groups is 2. The number of carboxylic acids is 1. The summed E-state index contributed by atoms with van der Waals surface area (Å²) < 4.78 is 1.22. The molecule has 1 atom stereocenters. The van der Waals surface area contributed by atoms with Crippen molar-refractivity contribution in [2.75, 3.05) is 12.0 Å². The molecule has 0 fully saturated rings. The Morgan fingerprint density at radius 3 is 2.68 bits per heavy atom. The molecule has 1 aromatic carbocycles. The standard InChI is InChI=1S/C17H19N3O4S/c1-25-8-7-13(17(23)24)19-15(21)11-20-10-14(18-9-16(20)22)12-5-3-2-4-6-12/h2-6,9-10,13H,7-8,11H2,1H3,(H,19,21)(H,23,24). The molecule has 0 aliphatic heterocycles. The number of thioether (sulfide) groups is 1. The Bertz CT molecular complexity index is 792. The molecule has 1 amide bonds. The first-order chi connectivity index (χ1) is 12.0. The molecule has 8 heteroatoms. The minimum atomic E-state index is -1.09. The van der Waals surface area contributed by atoms with Crippen molar-refractivity contribution in [3.8, 4) is 11.3 Å². The lowest BCUT2D eigenvalue weighted by atomic mass is 10.2. The summed E-state index contributed by atoms with van der Waals surface area (Å²) in [6.45, 7) is -0.260. The Labute approximate surface area is 149 Å². The normalized spacial score (nSPS) is 11.7. The second kappa shape index (κ2) is 9.03. The van der Waals surface area contributed by atoms with Gasteiger partial charge in [0, 0.05) is 11.8 Å². The van der Waals surface area contributed by atoms with E-state index in [2.05, 4.69) is 10.3 Å². The highest BCUT2D eigenvalue weighted by Gasteiger charge is 2.19. The van der Waals surface area contributed by atoms with Gasteiger partial charge in [0.1, 0.15) is 12.6 Å². The molecule has 2 N–H and O–H groups in total. The second-order valence-electron chi connectivity index (χ2n) is 5.34. The number of amides is 1. The number of aliphatic carboxylic acids is 1. The van der Waals surface area contributed by atoms with Crippen LogP contribution in [0.4, 0.5) is 0 Å². The Hall–Kier alpha value is -2.61. The van der Waals surface area contributed by atoms with E-state index in [9.17, 15) is 14.4 Å². The van der Waals surface area contributed by atoms with E-state index in [0.717, 1.165) is 11.8 Å². The smallest absolute Gasteiger partial charge is 0.326 e. The molecule has 2 rings (SSSR count). The average Bonchev–Trinajstić information content (AvgIpc) is 2.61. The molecule has 0 bridgehead atoms. The Balaban J connectivity index is 2.12. The molecule has 0 spiro atoms. The zero-order valence-corrected chi connectivity index (χ0v) is 14.5. The van der Waals surface area contributed by atoms with Gasteiger partial charge >= 0.3 is 5.97 Å². The monoisotopic (exact) mass is 361 g/mol. The van der Waals surface area contributed by atoms with Crippen molar-refractivity contribution in [3.05, 3.63) is 53.1 Å². The maximum atomic E-state index is 12.1. The minimum Gasteiger partial charge on any atom is -0.480 e. The summed E-state index contributed by atoms with van der Waals surface area (Å²) in [6, 6.07) is 8.30. The average molecular weight is 361 g/mol. The molecule has 0 aliphatic carbocycles. The number of hydrogen-bond donors (Lipinski definition) is 2. The zero-order valence-electron chi connectivity index (χ0n) is 13.7. The van der Waals surface area contributed by atoms with Gasteiger partial charge in [-0.15, -0.1) is 0 Å². The van der Waals surface area contributed by atoms with Gasteiger partial charge in [-0.05, 0) is 18.4 Å². The second-order valence-corrected chi connectivity index (χ2v) is 6.33. The van der Waals surface area contributed by atoms with E-state index in [1.165, 1.54) is 22.5 Å². The third-order valence-electron chi connectivity index (χ3n) is 3.50. The molecule has 0 saturated carbocycles. The fraction of sp³-hybridized carbons (Fsp3) is 0.294. The van der Waals surface area contributed by atoms with E-state index in [1.807, 2.05) is 36.6 Å². The van der Waals surface area contributed by atoms with E-state index >= 15 is 0 Å². The first-order valence-corrected chi connectivity index (χ1v) is 9.03. The maximum absolute atomic E-state index is 12.1. The summed E-state index contributed by atoms with van der Waals surface area (Å²) in [5.74, 6) is -1.000. The molecule has 132 valence electrons. The quantitative estimate of drug-likeness (QED) is 0.733. The van der Waals surface area contributed by atoms with Crippen LogP contribution < -0.4 is 10.9 Å². The maximum Gasteiger partial charge on any atom is 0.326 e. The molecular weight excluding hydrogens is 342 g/mol. The predicted molar refractivity (Wildman–Crippen MR) is 96.5 cm³/mol. The summed E-state index contributed by atoms with van der Waals surface area (Å²) in [7, 11) is 0. The molecule has 0 aliphatic rings. The number of benzene rings is 1. The van der Waals surface area contributed by atoms with Crippen LogP contribution in [0.25, 0.3) is 11.3 Å². The molecule has 0 saturated heterocycles. The van der Waals surface area contributed by atoms with Crippen LogP contribution in [0.3, 0.4) is 0 Å². The van der Waals surface area contributed by atoms with Gasteiger partial charge in [-0.3, -0.25) is 9.59 Å². The highest BCUT2D eigenvalue weighted by atomic mass is 32.2. The van der Waals surface area contributed by atoms with Crippen molar-refractivity contribution in [2.24, 2.45) is 0 Å². The van der Waals surface area contributed by atoms with Gasteiger partial charge in [-0.25, -0.2) is 9.78 Å². The Morgan fingerprint density at radius 1 is 1.32 bits per heavy atom. The first-order valence-electron chi connectivity index (χ1n) is 7.64. The first kappa shape index (κ1) is 18.7. The topological polar surface area (TPSA) is 101 Å². The number of nitrogens with zero attached hydrogens (tertiary/aromatic N) is 2. The molecular formula is C17H19N3O4S. The summed E-state index contributed by atoms with van der Waals surface area (Å²) >= 11 is 1.50. The van der Waals surface area contributed by atoms with Gasteiger partial charge in [0.2, 0.25) is 5.91 Å². The van der Waals surface area contributed by atoms with Crippen molar-refractivity contribution < 1.29 is 14.7 Å². The van der Waals surface area contributed by atoms with E-state index < -0.39 is 23.5 Å². The van der Waals surface area contributed by atoms with Gasteiger partial charge in [-0.1, -0.05) is 30.3 Å². The number of rotatable bonds is 8. The molecule has 2 aromatic rings. The number of nitrogens with one attached hydrogen (secondary N) is 1. The van der Waals surface area contributed by atoms with Crippen LogP contribution >= 0.6 is 11.8 Å². The van der Waals surface area contributed by atoms with Crippen LogP contribution in [-0.2, 0) is 16.1 Å². The van der Waals surface area contributed by atoms with Crippen LogP contribution in [0.2, 0.25) is 0 Å². The number of aromatic nitrogens is 2. The number of carboxylic acid groups (broad SMARTS) is 1. The molecule has 1 heterocycles. The SMILES string of the molecule is CSCCC(NC(=O)Cn1cc(-c2ccccc2)ncc1=O)C(=O)O. The van der Waals surface area contributed by atoms with Gasteiger partial charge < -0.3 is 15.0 Å². The number of hydrogen-bond acceptors (Lipinski definition) is 5. The summed E-state index contributed by atoms with van der Waals surface area (Å²) in [5.41, 5.74) is 0.955. The predicted octanol–water partition coefficient (Wildman–Crippen LogP) is 1.23. The molecule has 0 radical (unpaired) electrons.